The lowest BCUT2D eigenvalue weighted by molar-refractivity contribution is 0.273. The van der Waals surface area contributed by atoms with E-state index < -0.39 is 0 Å². The van der Waals surface area contributed by atoms with Crippen LogP contribution in [0.5, 0.6) is 5.88 Å². The zero-order valence-corrected chi connectivity index (χ0v) is 15.0. The first-order chi connectivity index (χ1) is 13.3. The summed E-state index contributed by atoms with van der Waals surface area (Å²) in [6.07, 6.45) is 5.09. The number of aromatic nitrogens is 7. The van der Waals surface area contributed by atoms with Crippen LogP contribution in [-0.2, 0) is 13.7 Å². The van der Waals surface area contributed by atoms with Gasteiger partial charge in [-0.3, -0.25) is 4.68 Å². The van der Waals surface area contributed by atoms with Crippen molar-refractivity contribution in [3.05, 3.63) is 54.1 Å². The molecule has 0 N–H and O–H groups in total. The van der Waals surface area contributed by atoms with Gasteiger partial charge in [-0.05, 0) is 18.8 Å². The maximum atomic E-state index is 5.95. The molecule has 1 saturated carbocycles. The molecule has 0 saturated heterocycles. The fourth-order valence-electron chi connectivity index (χ4n) is 3.33. The van der Waals surface area contributed by atoms with E-state index in [0.717, 1.165) is 41.3 Å². The fraction of sp³-hybridized carbons (Fsp3) is 0.316. The minimum absolute atomic E-state index is 0.307. The first-order valence-electron chi connectivity index (χ1n) is 9.07. The van der Waals surface area contributed by atoms with Crippen LogP contribution < -0.4 is 4.74 Å². The summed E-state index contributed by atoms with van der Waals surface area (Å²) in [6, 6.07) is 12.0. The summed E-state index contributed by atoms with van der Waals surface area (Å²) in [5, 5.41) is 17.6. The Morgan fingerprint density at radius 3 is 2.70 bits per heavy atom. The molecular formula is C19H19N7O. The van der Waals surface area contributed by atoms with Crippen LogP contribution in [0.15, 0.2) is 42.7 Å². The lowest BCUT2D eigenvalue weighted by atomic mass is 9.80. The predicted molar refractivity (Wildman–Crippen MR) is 98.1 cm³/mol. The van der Waals surface area contributed by atoms with Crippen molar-refractivity contribution in [3.8, 4) is 17.3 Å². The number of ether oxygens (including phenoxy) is 1. The molecule has 1 aromatic carbocycles. The van der Waals surface area contributed by atoms with Crippen molar-refractivity contribution in [1.29, 1.82) is 0 Å². The van der Waals surface area contributed by atoms with Crippen LogP contribution >= 0.6 is 0 Å². The molecule has 1 aliphatic rings. The van der Waals surface area contributed by atoms with Crippen molar-refractivity contribution < 1.29 is 4.74 Å². The van der Waals surface area contributed by atoms with Gasteiger partial charge in [0.25, 0.3) is 0 Å². The maximum absolute atomic E-state index is 5.95. The van der Waals surface area contributed by atoms with E-state index in [1.165, 1.54) is 12.7 Å². The molecule has 1 fully saturated rings. The van der Waals surface area contributed by atoms with Gasteiger partial charge in [-0.15, -0.1) is 15.3 Å². The van der Waals surface area contributed by atoms with Gasteiger partial charge in [-0.2, -0.15) is 9.61 Å². The van der Waals surface area contributed by atoms with E-state index in [4.69, 9.17) is 4.74 Å². The van der Waals surface area contributed by atoms with Crippen molar-refractivity contribution >= 4 is 5.65 Å². The van der Waals surface area contributed by atoms with Crippen LogP contribution in [0, 0.1) is 0 Å². The molecule has 27 heavy (non-hydrogen) atoms. The first kappa shape index (κ1) is 15.9. The van der Waals surface area contributed by atoms with Crippen molar-refractivity contribution in [2.75, 3.05) is 0 Å². The van der Waals surface area contributed by atoms with Gasteiger partial charge in [0.1, 0.15) is 12.9 Å². The second-order valence-electron chi connectivity index (χ2n) is 6.78. The van der Waals surface area contributed by atoms with Gasteiger partial charge in [0.05, 0.1) is 0 Å². The molecule has 0 radical (unpaired) electrons. The van der Waals surface area contributed by atoms with Crippen LogP contribution in [0.1, 0.15) is 36.6 Å². The second kappa shape index (κ2) is 6.46. The van der Waals surface area contributed by atoms with E-state index >= 15 is 0 Å². The second-order valence-corrected chi connectivity index (χ2v) is 6.78. The maximum Gasteiger partial charge on any atom is 0.232 e. The van der Waals surface area contributed by atoms with Crippen LogP contribution in [0.25, 0.3) is 17.0 Å². The average molecular weight is 361 g/mol. The highest BCUT2D eigenvalue weighted by atomic mass is 16.5. The fourth-order valence-corrected chi connectivity index (χ4v) is 3.33. The molecule has 8 heteroatoms. The quantitative estimate of drug-likeness (QED) is 0.543. The number of fused-ring (bicyclic) bond motifs is 1. The zero-order chi connectivity index (χ0) is 18.2. The molecular weight excluding hydrogens is 342 g/mol. The minimum Gasteiger partial charge on any atom is -0.468 e. The number of benzene rings is 1. The number of hydrogen-bond donors (Lipinski definition) is 0. The Morgan fingerprint density at radius 2 is 2.00 bits per heavy atom. The number of nitrogens with zero attached hydrogens (tertiary/aromatic N) is 7. The first-order valence-corrected chi connectivity index (χ1v) is 9.07. The van der Waals surface area contributed by atoms with Crippen molar-refractivity contribution in [2.45, 2.75) is 31.8 Å². The molecule has 0 bridgehead atoms. The average Bonchev–Trinajstić information content (AvgIpc) is 3.25. The van der Waals surface area contributed by atoms with Gasteiger partial charge >= 0.3 is 0 Å². The van der Waals surface area contributed by atoms with E-state index in [9.17, 15) is 0 Å². The molecule has 0 amide bonds. The summed E-state index contributed by atoms with van der Waals surface area (Å²) in [6.45, 7) is 0.307. The van der Waals surface area contributed by atoms with Gasteiger partial charge in [-0.25, -0.2) is 4.98 Å². The van der Waals surface area contributed by atoms with E-state index in [-0.39, 0.29) is 0 Å². The highest BCUT2D eigenvalue weighted by Gasteiger charge is 2.25. The summed E-state index contributed by atoms with van der Waals surface area (Å²) in [5.41, 5.74) is 2.94. The van der Waals surface area contributed by atoms with Gasteiger partial charge < -0.3 is 4.74 Å². The summed E-state index contributed by atoms with van der Waals surface area (Å²) in [4.78, 5) is 4.20. The topological polar surface area (TPSA) is 83.0 Å². The van der Waals surface area contributed by atoms with Crippen LogP contribution in [0.2, 0.25) is 0 Å². The predicted octanol–water partition coefficient (Wildman–Crippen LogP) is 2.77. The van der Waals surface area contributed by atoms with Gasteiger partial charge in [0.15, 0.2) is 17.3 Å². The summed E-state index contributed by atoms with van der Waals surface area (Å²) >= 11 is 0. The third-order valence-corrected chi connectivity index (χ3v) is 5.11. The largest absolute Gasteiger partial charge is 0.468 e. The number of rotatable bonds is 5. The number of aryl methyl sites for hydroxylation is 1. The molecule has 0 unspecified atom stereocenters. The Kier molecular flexibility index (Phi) is 3.81. The standard InChI is InChI=1S/C19H19N7O/c1-25-16(20-12-21-25)11-27-17-10-15(13-8-5-9-13)19-23-22-18(26(19)24-17)14-6-3-2-4-7-14/h2-4,6-7,10,12-13H,5,8-9,11H2,1H3. The highest BCUT2D eigenvalue weighted by Crippen LogP contribution is 2.39. The monoisotopic (exact) mass is 361 g/mol. The third-order valence-electron chi connectivity index (χ3n) is 5.11. The van der Waals surface area contributed by atoms with Gasteiger partial charge in [0.2, 0.25) is 5.88 Å². The van der Waals surface area contributed by atoms with E-state index in [1.807, 2.05) is 43.4 Å². The molecule has 0 atom stereocenters. The van der Waals surface area contributed by atoms with Crippen molar-refractivity contribution in [3.63, 3.8) is 0 Å². The molecule has 4 aromatic rings. The Bertz CT molecular complexity index is 1080. The van der Waals surface area contributed by atoms with Crippen LogP contribution in [-0.4, -0.2) is 34.6 Å². The van der Waals surface area contributed by atoms with Crippen LogP contribution in [0.3, 0.4) is 0 Å². The smallest absolute Gasteiger partial charge is 0.232 e. The Labute approximate surface area is 155 Å². The Morgan fingerprint density at radius 1 is 1.15 bits per heavy atom. The molecule has 0 aliphatic heterocycles. The SMILES string of the molecule is Cn1ncnc1COc1cc(C2CCC2)c2nnc(-c3ccccc3)n2n1. The lowest BCUT2D eigenvalue weighted by Crippen LogP contribution is -2.13. The Hall–Kier alpha value is -3.29. The molecule has 1 aliphatic carbocycles. The molecule has 136 valence electrons. The summed E-state index contributed by atoms with van der Waals surface area (Å²) in [7, 11) is 1.84. The van der Waals surface area contributed by atoms with E-state index in [2.05, 4.69) is 25.4 Å². The number of hydrogen-bond acceptors (Lipinski definition) is 6. The molecule has 3 heterocycles. The molecule has 3 aromatic heterocycles. The lowest BCUT2D eigenvalue weighted by Gasteiger charge is -2.26. The zero-order valence-electron chi connectivity index (χ0n) is 15.0. The summed E-state index contributed by atoms with van der Waals surface area (Å²) < 4.78 is 9.44. The van der Waals surface area contributed by atoms with Gasteiger partial charge in [0, 0.05) is 24.2 Å². The van der Waals surface area contributed by atoms with E-state index in [0.29, 0.717) is 18.4 Å². The molecule has 8 nitrogen and oxygen atoms in total. The summed E-state index contributed by atoms with van der Waals surface area (Å²) in [5.74, 6) is 2.49. The normalized spacial score (nSPS) is 14.4. The third kappa shape index (κ3) is 2.83. The van der Waals surface area contributed by atoms with Crippen LogP contribution in [0.4, 0.5) is 0 Å². The molecule has 0 spiro atoms. The molecule has 5 rings (SSSR count). The van der Waals surface area contributed by atoms with Gasteiger partial charge in [-0.1, -0.05) is 36.8 Å². The minimum atomic E-state index is 0.307. The highest BCUT2D eigenvalue weighted by molar-refractivity contribution is 5.61. The Balaban J connectivity index is 1.57. The van der Waals surface area contributed by atoms with Crippen molar-refractivity contribution in [2.24, 2.45) is 7.05 Å². The van der Waals surface area contributed by atoms with E-state index in [1.54, 1.807) is 9.20 Å². The van der Waals surface area contributed by atoms with Crippen molar-refractivity contribution in [1.82, 2.24) is 34.6 Å².